The third kappa shape index (κ3) is 3.62. The summed E-state index contributed by atoms with van der Waals surface area (Å²) in [5.74, 6) is 0.536. The fraction of sp³-hybridized carbons (Fsp3) is 0.235. The van der Waals surface area contributed by atoms with Crippen LogP contribution in [0.15, 0.2) is 41.8 Å². The fourth-order valence-electron chi connectivity index (χ4n) is 2.40. The number of carbonyl (C=O) groups is 2. The van der Waals surface area contributed by atoms with Crippen LogP contribution in [0.25, 0.3) is 11.0 Å². The van der Waals surface area contributed by atoms with E-state index in [4.69, 9.17) is 0 Å². The average Bonchev–Trinajstić information content (AvgIpc) is 3.22. The molecule has 2 amide bonds. The summed E-state index contributed by atoms with van der Waals surface area (Å²) in [7, 11) is 1.93. The maximum absolute atomic E-state index is 11.9. The molecule has 6 nitrogen and oxygen atoms in total. The second-order valence-electron chi connectivity index (χ2n) is 5.34. The second kappa shape index (κ2) is 7.27. The summed E-state index contributed by atoms with van der Waals surface area (Å²) in [5.41, 5.74) is 1.94. The summed E-state index contributed by atoms with van der Waals surface area (Å²) in [6, 6.07) is 11.4. The number of nitrogens with zero attached hydrogens (tertiary/aromatic N) is 2. The first-order valence-electron chi connectivity index (χ1n) is 7.64. The van der Waals surface area contributed by atoms with E-state index in [1.165, 1.54) is 11.3 Å². The molecule has 0 aliphatic carbocycles. The Morgan fingerprint density at radius 2 is 2.00 bits per heavy atom. The zero-order valence-corrected chi connectivity index (χ0v) is 14.1. The van der Waals surface area contributed by atoms with Gasteiger partial charge in [0, 0.05) is 20.0 Å². The van der Waals surface area contributed by atoms with Crippen molar-refractivity contribution >= 4 is 34.2 Å². The van der Waals surface area contributed by atoms with Gasteiger partial charge >= 0.3 is 0 Å². The monoisotopic (exact) mass is 342 g/mol. The van der Waals surface area contributed by atoms with Crippen LogP contribution in [0.1, 0.15) is 21.9 Å². The van der Waals surface area contributed by atoms with Crippen molar-refractivity contribution in [3.05, 3.63) is 52.5 Å². The van der Waals surface area contributed by atoms with E-state index in [0.717, 1.165) is 16.9 Å². The van der Waals surface area contributed by atoms with Gasteiger partial charge in [-0.05, 0) is 23.6 Å². The number of imidazole rings is 1. The molecule has 3 aromatic rings. The van der Waals surface area contributed by atoms with Crippen molar-refractivity contribution in [3.8, 4) is 0 Å². The molecule has 0 aliphatic rings. The van der Waals surface area contributed by atoms with E-state index in [1.807, 2.05) is 47.3 Å². The summed E-state index contributed by atoms with van der Waals surface area (Å²) in [5, 5.41) is 7.42. The molecule has 2 aromatic heterocycles. The summed E-state index contributed by atoms with van der Waals surface area (Å²) in [6.07, 6.45) is 0.237. The number of fused-ring (bicyclic) bond motifs is 1. The SMILES string of the molecule is Cn1c(CNC(=O)CCNC(=O)c2cccs2)nc2ccccc21. The van der Waals surface area contributed by atoms with E-state index in [2.05, 4.69) is 15.6 Å². The van der Waals surface area contributed by atoms with Crippen molar-refractivity contribution in [1.29, 1.82) is 0 Å². The molecule has 124 valence electrons. The van der Waals surface area contributed by atoms with Crippen molar-refractivity contribution in [2.75, 3.05) is 6.54 Å². The standard InChI is InChI=1S/C17H18N4O2S/c1-21-13-6-3-2-5-12(13)20-15(21)11-19-16(22)8-9-18-17(23)14-7-4-10-24-14/h2-7,10H,8-9,11H2,1H3,(H,18,23)(H,19,22). The smallest absolute Gasteiger partial charge is 0.261 e. The molecule has 24 heavy (non-hydrogen) atoms. The van der Waals surface area contributed by atoms with Gasteiger partial charge < -0.3 is 15.2 Å². The summed E-state index contributed by atoms with van der Waals surface area (Å²) >= 11 is 1.38. The number of para-hydroxylation sites is 2. The van der Waals surface area contributed by atoms with Gasteiger partial charge in [-0.15, -0.1) is 11.3 Å². The van der Waals surface area contributed by atoms with Crippen molar-refractivity contribution < 1.29 is 9.59 Å². The highest BCUT2D eigenvalue weighted by Crippen LogP contribution is 2.13. The molecule has 0 atom stereocenters. The largest absolute Gasteiger partial charge is 0.351 e. The highest BCUT2D eigenvalue weighted by Gasteiger charge is 2.10. The first-order chi connectivity index (χ1) is 11.6. The Bertz CT molecular complexity index is 855. The first-order valence-corrected chi connectivity index (χ1v) is 8.52. The van der Waals surface area contributed by atoms with E-state index in [9.17, 15) is 9.59 Å². The molecule has 7 heteroatoms. The third-order valence-electron chi connectivity index (χ3n) is 3.71. The lowest BCUT2D eigenvalue weighted by molar-refractivity contribution is -0.121. The van der Waals surface area contributed by atoms with E-state index in [-0.39, 0.29) is 18.2 Å². The van der Waals surface area contributed by atoms with Crippen LogP contribution >= 0.6 is 11.3 Å². The van der Waals surface area contributed by atoms with Crippen molar-refractivity contribution in [2.24, 2.45) is 7.05 Å². The fourth-order valence-corrected chi connectivity index (χ4v) is 3.04. The number of aromatic nitrogens is 2. The van der Waals surface area contributed by atoms with Crippen molar-refractivity contribution in [1.82, 2.24) is 20.2 Å². The van der Waals surface area contributed by atoms with Crippen LogP contribution in [0, 0.1) is 0 Å². The van der Waals surface area contributed by atoms with Gasteiger partial charge in [-0.25, -0.2) is 4.98 Å². The van der Waals surface area contributed by atoms with Crippen LogP contribution in [0.3, 0.4) is 0 Å². The number of nitrogens with one attached hydrogen (secondary N) is 2. The Kier molecular flexibility index (Phi) is 4.90. The summed E-state index contributed by atoms with van der Waals surface area (Å²) < 4.78 is 1.97. The molecule has 3 rings (SSSR count). The summed E-state index contributed by atoms with van der Waals surface area (Å²) in [4.78, 5) is 28.8. The molecule has 0 saturated heterocycles. The molecule has 2 heterocycles. The number of rotatable bonds is 6. The first kappa shape index (κ1) is 16.2. The highest BCUT2D eigenvalue weighted by atomic mass is 32.1. The van der Waals surface area contributed by atoms with Crippen LogP contribution in [-0.4, -0.2) is 27.9 Å². The number of hydrogen-bond acceptors (Lipinski definition) is 4. The Morgan fingerprint density at radius 3 is 2.75 bits per heavy atom. The van der Waals surface area contributed by atoms with Crippen molar-refractivity contribution in [2.45, 2.75) is 13.0 Å². The maximum Gasteiger partial charge on any atom is 0.261 e. The van der Waals surface area contributed by atoms with E-state index < -0.39 is 0 Å². The Morgan fingerprint density at radius 1 is 1.17 bits per heavy atom. The van der Waals surface area contributed by atoms with Gasteiger partial charge in [-0.2, -0.15) is 0 Å². The molecule has 0 spiro atoms. The molecule has 0 unspecified atom stereocenters. The number of aryl methyl sites for hydroxylation is 1. The minimum Gasteiger partial charge on any atom is -0.351 e. The van der Waals surface area contributed by atoms with E-state index in [1.54, 1.807) is 6.07 Å². The molecule has 0 radical (unpaired) electrons. The van der Waals surface area contributed by atoms with Gasteiger partial charge in [0.15, 0.2) is 0 Å². The molecule has 0 fully saturated rings. The van der Waals surface area contributed by atoms with Crippen LogP contribution in [0.2, 0.25) is 0 Å². The normalized spacial score (nSPS) is 10.7. The molecule has 0 saturated carbocycles. The minimum absolute atomic E-state index is 0.117. The van der Waals surface area contributed by atoms with Gasteiger partial charge in [-0.3, -0.25) is 9.59 Å². The molecule has 2 N–H and O–H groups in total. The Hall–Kier alpha value is -2.67. The number of hydrogen-bond donors (Lipinski definition) is 2. The van der Waals surface area contributed by atoms with Gasteiger partial charge in [0.2, 0.25) is 5.91 Å². The van der Waals surface area contributed by atoms with Crippen LogP contribution in [0.4, 0.5) is 0 Å². The van der Waals surface area contributed by atoms with Crippen LogP contribution in [0.5, 0.6) is 0 Å². The molecular weight excluding hydrogens is 324 g/mol. The molecule has 0 aliphatic heterocycles. The molecule has 1 aromatic carbocycles. The topological polar surface area (TPSA) is 76.0 Å². The predicted octanol–water partition coefficient (Wildman–Crippen LogP) is 2.07. The summed E-state index contributed by atoms with van der Waals surface area (Å²) in [6.45, 7) is 0.675. The Labute approximate surface area is 143 Å². The van der Waals surface area contributed by atoms with Gasteiger partial charge in [0.1, 0.15) is 5.82 Å². The molecular formula is C17H18N4O2S. The van der Waals surface area contributed by atoms with Crippen molar-refractivity contribution in [3.63, 3.8) is 0 Å². The van der Waals surface area contributed by atoms with E-state index in [0.29, 0.717) is 18.0 Å². The lowest BCUT2D eigenvalue weighted by Gasteiger charge is -2.06. The zero-order valence-electron chi connectivity index (χ0n) is 13.3. The highest BCUT2D eigenvalue weighted by molar-refractivity contribution is 7.12. The third-order valence-corrected chi connectivity index (χ3v) is 4.57. The predicted molar refractivity (Wildman–Crippen MR) is 93.8 cm³/mol. The number of thiophene rings is 1. The van der Waals surface area contributed by atoms with Crippen LogP contribution < -0.4 is 10.6 Å². The zero-order chi connectivity index (χ0) is 16.9. The average molecular weight is 342 g/mol. The van der Waals surface area contributed by atoms with Gasteiger partial charge in [0.25, 0.3) is 5.91 Å². The number of amides is 2. The number of benzene rings is 1. The van der Waals surface area contributed by atoms with Crippen LogP contribution in [-0.2, 0) is 18.4 Å². The molecule has 0 bridgehead atoms. The maximum atomic E-state index is 11.9. The van der Waals surface area contributed by atoms with E-state index >= 15 is 0 Å². The lowest BCUT2D eigenvalue weighted by atomic mass is 10.3. The quantitative estimate of drug-likeness (QED) is 0.720. The van der Waals surface area contributed by atoms with Gasteiger partial charge in [0.05, 0.1) is 22.5 Å². The lowest BCUT2D eigenvalue weighted by Crippen LogP contribution is -2.30. The Balaban J connectivity index is 1.47. The van der Waals surface area contributed by atoms with Gasteiger partial charge in [-0.1, -0.05) is 18.2 Å². The number of carbonyl (C=O) groups excluding carboxylic acids is 2. The minimum atomic E-state index is -0.145. The second-order valence-corrected chi connectivity index (χ2v) is 6.28.